The van der Waals surface area contributed by atoms with Crippen LogP contribution in [0.2, 0.25) is 0 Å². The molecular weight excluding hydrogens is 232 g/mol. The van der Waals surface area contributed by atoms with Gasteiger partial charge < -0.3 is 5.32 Å². The molecule has 0 aliphatic heterocycles. The number of thiazole rings is 1. The summed E-state index contributed by atoms with van der Waals surface area (Å²) < 4.78 is 3.66. The highest BCUT2D eigenvalue weighted by Gasteiger charge is 2.14. The molecule has 0 aromatic carbocycles. The molecule has 0 saturated carbocycles. The van der Waals surface area contributed by atoms with Crippen molar-refractivity contribution in [3.63, 3.8) is 0 Å². The zero-order chi connectivity index (χ0) is 10.8. The van der Waals surface area contributed by atoms with Gasteiger partial charge in [0.25, 0.3) is 5.91 Å². The van der Waals surface area contributed by atoms with E-state index >= 15 is 0 Å². The second kappa shape index (κ2) is 4.03. The summed E-state index contributed by atoms with van der Waals surface area (Å²) in [6.07, 6.45) is 1.52. The number of nitrogens with zero attached hydrogens (tertiary/aromatic N) is 3. The Hall–Kier alpha value is -1.34. The molecule has 0 saturated heterocycles. The van der Waals surface area contributed by atoms with Crippen LogP contribution in [-0.4, -0.2) is 20.5 Å². The number of carbonyl (C=O) groups excluding carboxylic acids is 1. The summed E-state index contributed by atoms with van der Waals surface area (Å²) in [5.41, 5.74) is 0.757. The van der Waals surface area contributed by atoms with Gasteiger partial charge in [-0.2, -0.15) is 0 Å². The molecule has 2 aromatic rings. The second-order valence-electron chi connectivity index (χ2n) is 2.88. The average molecular weight is 240 g/mol. The molecule has 0 atom stereocenters. The maximum absolute atomic E-state index is 11.8. The normalized spacial score (nSPS) is 10.3. The number of amides is 1. The Labute approximate surface area is 94.3 Å². The molecule has 0 aliphatic rings. The first kappa shape index (κ1) is 10.2. The molecule has 5 nitrogen and oxygen atoms in total. The quantitative estimate of drug-likeness (QED) is 0.870. The van der Waals surface area contributed by atoms with Crippen LogP contribution in [0.3, 0.4) is 0 Å². The van der Waals surface area contributed by atoms with Crippen molar-refractivity contribution in [3.05, 3.63) is 21.8 Å². The second-order valence-corrected chi connectivity index (χ2v) is 4.87. The van der Waals surface area contributed by atoms with Gasteiger partial charge in [-0.15, -0.1) is 16.4 Å². The third-order valence-corrected chi connectivity index (χ3v) is 3.36. The van der Waals surface area contributed by atoms with Gasteiger partial charge in [0.05, 0.1) is 16.9 Å². The molecule has 0 unspecified atom stereocenters. The molecule has 7 heteroatoms. The van der Waals surface area contributed by atoms with Crippen molar-refractivity contribution in [1.29, 1.82) is 0 Å². The van der Waals surface area contributed by atoms with Crippen molar-refractivity contribution in [2.24, 2.45) is 0 Å². The fourth-order valence-electron chi connectivity index (χ4n) is 1.13. The largest absolute Gasteiger partial charge is 0.310 e. The number of hydrogen-bond donors (Lipinski definition) is 1. The van der Waals surface area contributed by atoms with E-state index in [1.807, 2.05) is 13.8 Å². The van der Waals surface area contributed by atoms with Crippen molar-refractivity contribution in [1.82, 2.24) is 14.6 Å². The Bertz CT molecular complexity index is 477. The minimum absolute atomic E-state index is 0.149. The lowest BCUT2D eigenvalue weighted by Gasteiger charge is -1.98. The van der Waals surface area contributed by atoms with Gasteiger partial charge in [-0.05, 0) is 13.8 Å². The minimum atomic E-state index is -0.149. The van der Waals surface area contributed by atoms with Gasteiger partial charge in [-0.1, -0.05) is 4.49 Å². The summed E-state index contributed by atoms with van der Waals surface area (Å²) in [6, 6.07) is 0. The zero-order valence-corrected chi connectivity index (χ0v) is 9.78. The van der Waals surface area contributed by atoms with Gasteiger partial charge in [0.1, 0.15) is 9.88 Å². The van der Waals surface area contributed by atoms with Gasteiger partial charge in [-0.25, -0.2) is 4.98 Å². The van der Waals surface area contributed by atoms with Crippen LogP contribution in [0.25, 0.3) is 0 Å². The molecule has 0 bridgehead atoms. The van der Waals surface area contributed by atoms with Gasteiger partial charge in [-0.3, -0.25) is 4.79 Å². The molecule has 1 N–H and O–H groups in total. The Kier molecular flexibility index (Phi) is 2.74. The number of rotatable bonds is 2. The Balaban J connectivity index is 2.18. The van der Waals surface area contributed by atoms with Gasteiger partial charge in [0.15, 0.2) is 0 Å². The molecule has 78 valence electrons. The smallest absolute Gasteiger partial charge is 0.268 e. The van der Waals surface area contributed by atoms with E-state index in [-0.39, 0.29) is 5.91 Å². The highest BCUT2D eigenvalue weighted by molar-refractivity contribution is 7.14. The molecule has 2 aromatic heterocycles. The first-order valence-corrected chi connectivity index (χ1v) is 5.78. The monoisotopic (exact) mass is 240 g/mol. The zero-order valence-electron chi connectivity index (χ0n) is 8.14. The average Bonchev–Trinajstić information content (AvgIpc) is 2.75. The number of aryl methyl sites for hydroxylation is 2. The molecule has 1 amide bonds. The van der Waals surface area contributed by atoms with Crippen LogP contribution in [0.5, 0.6) is 0 Å². The fourth-order valence-corrected chi connectivity index (χ4v) is 2.36. The van der Waals surface area contributed by atoms with E-state index in [9.17, 15) is 4.79 Å². The number of anilines is 1. The van der Waals surface area contributed by atoms with Gasteiger partial charge in [0.2, 0.25) is 0 Å². The lowest BCUT2D eigenvalue weighted by molar-refractivity contribution is 0.103. The van der Waals surface area contributed by atoms with Crippen LogP contribution in [-0.2, 0) is 0 Å². The molecule has 0 fully saturated rings. The molecule has 0 spiro atoms. The molecule has 0 radical (unpaired) electrons. The number of carbonyl (C=O) groups is 1. The van der Waals surface area contributed by atoms with E-state index in [4.69, 9.17) is 0 Å². The predicted octanol–water partition coefficient (Wildman–Crippen LogP) is 1.86. The standard InChI is InChI=1S/C8H8N4OS2/c1-4-7(14-5(2)10-4)8(13)11-6-3-9-12-15-6/h3H,1-2H3,(H,11,13). The molecule has 15 heavy (non-hydrogen) atoms. The van der Waals surface area contributed by atoms with Crippen LogP contribution in [0, 0.1) is 13.8 Å². The van der Waals surface area contributed by atoms with Crippen molar-refractivity contribution in [3.8, 4) is 0 Å². The Morgan fingerprint density at radius 1 is 1.47 bits per heavy atom. The Morgan fingerprint density at radius 3 is 2.80 bits per heavy atom. The maximum atomic E-state index is 11.8. The fraction of sp³-hybridized carbons (Fsp3) is 0.250. The van der Waals surface area contributed by atoms with E-state index in [2.05, 4.69) is 19.9 Å². The first-order valence-electron chi connectivity index (χ1n) is 4.19. The highest BCUT2D eigenvalue weighted by atomic mass is 32.1. The molecule has 2 heterocycles. The summed E-state index contributed by atoms with van der Waals surface area (Å²) >= 11 is 2.53. The van der Waals surface area contributed by atoms with E-state index < -0.39 is 0 Å². The number of hydrogen-bond acceptors (Lipinski definition) is 6. The van der Waals surface area contributed by atoms with Gasteiger partial charge in [0, 0.05) is 11.5 Å². The first-order chi connectivity index (χ1) is 7.16. The van der Waals surface area contributed by atoms with Crippen molar-refractivity contribution >= 4 is 33.8 Å². The number of nitrogens with one attached hydrogen (secondary N) is 1. The van der Waals surface area contributed by atoms with Crippen LogP contribution in [0.15, 0.2) is 6.20 Å². The highest BCUT2D eigenvalue weighted by Crippen LogP contribution is 2.19. The van der Waals surface area contributed by atoms with Crippen LogP contribution in [0.1, 0.15) is 20.4 Å². The third kappa shape index (κ3) is 2.18. The number of aromatic nitrogens is 3. The summed E-state index contributed by atoms with van der Waals surface area (Å²) in [5.74, 6) is -0.149. The predicted molar refractivity (Wildman–Crippen MR) is 59.5 cm³/mol. The van der Waals surface area contributed by atoms with E-state index in [1.165, 1.54) is 17.5 Å². The Morgan fingerprint density at radius 2 is 2.27 bits per heavy atom. The summed E-state index contributed by atoms with van der Waals surface area (Å²) in [4.78, 5) is 16.6. The third-order valence-electron chi connectivity index (χ3n) is 1.71. The summed E-state index contributed by atoms with van der Waals surface area (Å²) in [7, 11) is 0. The molecule has 2 rings (SSSR count). The van der Waals surface area contributed by atoms with E-state index in [1.54, 1.807) is 0 Å². The SMILES string of the molecule is Cc1nc(C)c(C(=O)Nc2cnns2)s1. The van der Waals surface area contributed by atoms with Crippen LogP contribution in [0.4, 0.5) is 5.00 Å². The lowest BCUT2D eigenvalue weighted by Crippen LogP contribution is -2.10. The minimum Gasteiger partial charge on any atom is -0.310 e. The van der Waals surface area contributed by atoms with Crippen LogP contribution < -0.4 is 5.32 Å². The topological polar surface area (TPSA) is 67.8 Å². The maximum Gasteiger partial charge on any atom is 0.268 e. The van der Waals surface area contributed by atoms with Gasteiger partial charge >= 0.3 is 0 Å². The van der Waals surface area contributed by atoms with E-state index in [0.29, 0.717) is 9.88 Å². The van der Waals surface area contributed by atoms with E-state index in [0.717, 1.165) is 22.2 Å². The molecular formula is C8H8N4OS2. The van der Waals surface area contributed by atoms with Crippen molar-refractivity contribution in [2.75, 3.05) is 5.32 Å². The van der Waals surface area contributed by atoms with Crippen molar-refractivity contribution < 1.29 is 4.79 Å². The summed E-state index contributed by atoms with van der Waals surface area (Å²) in [6.45, 7) is 3.70. The van der Waals surface area contributed by atoms with Crippen LogP contribution >= 0.6 is 22.9 Å². The molecule has 0 aliphatic carbocycles. The lowest BCUT2D eigenvalue weighted by atomic mass is 10.4. The summed E-state index contributed by atoms with van der Waals surface area (Å²) in [5, 5.41) is 7.89. The van der Waals surface area contributed by atoms with Crippen molar-refractivity contribution in [2.45, 2.75) is 13.8 Å².